The van der Waals surface area contributed by atoms with Gasteiger partial charge in [-0.15, -0.1) is 0 Å². The fourth-order valence-electron chi connectivity index (χ4n) is 1.82. The average Bonchev–Trinajstić information content (AvgIpc) is 2.37. The molecular formula is C15H23BrN2O2. The molecule has 1 rings (SSSR count). The van der Waals surface area contributed by atoms with Gasteiger partial charge in [0.2, 0.25) is 0 Å². The molecule has 0 aromatic heterocycles. The average molecular weight is 343 g/mol. The number of hydrogen-bond donors (Lipinski definition) is 2. The molecule has 1 unspecified atom stereocenters. The van der Waals surface area contributed by atoms with Crippen molar-refractivity contribution in [1.29, 1.82) is 0 Å². The zero-order valence-corrected chi connectivity index (χ0v) is 13.7. The summed E-state index contributed by atoms with van der Waals surface area (Å²) in [7, 11) is 0. The molecule has 4 nitrogen and oxygen atoms in total. The van der Waals surface area contributed by atoms with Crippen molar-refractivity contribution in [2.45, 2.75) is 39.2 Å². The number of unbranched alkanes of at least 4 members (excludes halogenated alkanes) is 1. The van der Waals surface area contributed by atoms with Crippen LogP contribution in [0.3, 0.4) is 0 Å². The predicted molar refractivity (Wildman–Crippen MR) is 84.9 cm³/mol. The smallest absolute Gasteiger partial charge is 0.257 e. The highest BCUT2D eigenvalue weighted by Crippen LogP contribution is 2.29. The number of benzene rings is 1. The Labute approximate surface area is 129 Å². The molecule has 0 aliphatic carbocycles. The topological polar surface area (TPSA) is 64.3 Å². The Morgan fingerprint density at radius 1 is 1.50 bits per heavy atom. The molecule has 0 aliphatic rings. The standard InChI is InChI=1S/C15H23BrN2O2/c1-3-4-8-18-14(19)10-20-15-12(9-11(2)17)6-5-7-13(15)16/h5-7,11H,3-4,8-10,17H2,1-2H3,(H,18,19). The fraction of sp³-hybridized carbons (Fsp3) is 0.533. The van der Waals surface area contributed by atoms with E-state index in [1.54, 1.807) is 0 Å². The van der Waals surface area contributed by atoms with Gasteiger partial charge in [0.25, 0.3) is 5.91 Å². The van der Waals surface area contributed by atoms with Crippen molar-refractivity contribution in [3.63, 3.8) is 0 Å². The van der Waals surface area contributed by atoms with Gasteiger partial charge in [0, 0.05) is 12.6 Å². The highest BCUT2D eigenvalue weighted by molar-refractivity contribution is 9.10. The van der Waals surface area contributed by atoms with Crippen molar-refractivity contribution in [3.05, 3.63) is 28.2 Å². The summed E-state index contributed by atoms with van der Waals surface area (Å²) in [6.07, 6.45) is 2.76. The maximum absolute atomic E-state index is 11.7. The normalized spacial score (nSPS) is 12.0. The second-order valence-electron chi connectivity index (χ2n) is 4.90. The molecule has 5 heteroatoms. The summed E-state index contributed by atoms with van der Waals surface area (Å²) in [5, 5.41) is 2.83. The van der Waals surface area contributed by atoms with Crippen molar-refractivity contribution in [1.82, 2.24) is 5.32 Å². The first-order chi connectivity index (χ1) is 9.54. The summed E-state index contributed by atoms with van der Waals surface area (Å²) in [5.41, 5.74) is 6.84. The monoisotopic (exact) mass is 342 g/mol. The lowest BCUT2D eigenvalue weighted by Gasteiger charge is -2.14. The third-order valence-electron chi connectivity index (χ3n) is 2.79. The lowest BCUT2D eigenvalue weighted by molar-refractivity contribution is -0.123. The van der Waals surface area contributed by atoms with Gasteiger partial charge in [-0.05, 0) is 47.3 Å². The van der Waals surface area contributed by atoms with E-state index < -0.39 is 0 Å². The Bertz CT molecular complexity index is 436. The van der Waals surface area contributed by atoms with Crippen LogP contribution in [0.4, 0.5) is 0 Å². The minimum Gasteiger partial charge on any atom is -0.482 e. The second-order valence-corrected chi connectivity index (χ2v) is 5.76. The number of ether oxygens (including phenoxy) is 1. The molecule has 1 aromatic rings. The summed E-state index contributed by atoms with van der Waals surface area (Å²) in [6.45, 7) is 4.76. The van der Waals surface area contributed by atoms with Crippen LogP contribution in [0.25, 0.3) is 0 Å². The summed E-state index contributed by atoms with van der Waals surface area (Å²) in [4.78, 5) is 11.7. The van der Waals surface area contributed by atoms with E-state index in [0.717, 1.165) is 22.9 Å². The number of carbonyl (C=O) groups excluding carboxylic acids is 1. The van der Waals surface area contributed by atoms with E-state index in [1.807, 2.05) is 25.1 Å². The van der Waals surface area contributed by atoms with Gasteiger partial charge in [-0.1, -0.05) is 25.5 Å². The van der Waals surface area contributed by atoms with Crippen molar-refractivity contribution >= 4 is 21.8 Å². The highest BCUT2D eigenvalue weighted by atomic mass is 79.9. The van der Waals surface area contributed by atoms with Gasteiger partial charge in [0.1, 0.15) is 5.75 Å². The summed E-state index contributed by atoms with van der Waals surface area (Å²) in [6, 6.07) is 5.86. The lowest BCUT2D eigenvalue weighted by Crippen LogP contribution is -2.30. The van der Waals surface area contributed by atoms with Crippen molar-refractivity contribution in [2.24, 2.45) is 5.73 Å². The summed E-state index contributed by atoms with van der Waals surface area (Å²) < 4.78 is 6.49. The van der Waals surface area contributed by atoms with Crippen LogP contribution in [0.5, 0.6) is 5.75 Å². The highest BCUT2D eigenvalue weighted by Gasteiger charge is 2.11. The molecule has 0 fully saturated rings. The number of amides is 1. The number of hydrogen-bond acceptors (Lipinski definition) is 3. The Balaban J connectivity index is 2.60. The fourth-order valence-corrected chi connectivity index (χ4v) is 2.34. The number of halogens is 1. The van der Waals surface area contributed by atoms with Crippen molar-refractivity contribution in [2.75, 3.05) is 13.2 Å². The Morgan fingerprint density at radius 2 is 2.25 bits per heavy atom. The van der Waals surface area contributed by atoms with Gasteiger partial charge in [0.15, 0.2) is 6.61 Å². The zero-order chi connectivity index (χ0) is 15.0. The molecular weight excluding hydrogens is 320 g/mol. The largest absolute Gasteiger partial charge is 0.482 e. The molecule has 1 amide bonds. The number of carbonyl (C=O) groups is 1. The summed E-state index contributed by atoms with van der Waals surface area (Å²) >= 11 is 3.45. The molecule has 20 heavy (non-hydrogen) atoms. The molecule has 0 saturated carbocycles. The van der Waals surface area contributed by atoms with Gasteiger partial charge in [-0.25, -0.2) is 0 Å². The third kappa shape index (κ3) is 5.92. The zero-order valence-electron chi connectivity index (χ0n) is 12.1. The van der Waals surface area contributed by atoms with E-state index in [2.05, 4.69) is 28.2 Å². The molecule has 0 heterocycles. The molecule has 0 spiro atoms. The van der Waals surface area contributed by atoms with Crippen LogP contribution in [0.2, 0.25) is 0 Å². The van der Waals surface area contributed by atoms with Crippen LogP contribution < -0.4 is 15.8 Å². The van der Waals surface area contributed by atoms with Crippen LogP contribution >= 0.6 is 15.9 Å². The van der Waals surface area contributed by atoms with Gasteiger partial charge in [-0.3, -0.25) is 4.79 Å². The Hall–Kier alpha value is -1.07. The van der Waals surface area contributed by atoms with Crippen LogP contribution in [-0.2, 0) is 11.2 Å². The first-order valence-electron chi connectivity index (χ1n) is 6.97. The number of nitrogens with one attached hydrogen (secondary N) is 1. The number of rotatable bonds is 8. The maximum atomic E-state index is 11.7. The maximum Gasteiger partial charge on any atom is 0.257 e. The molecule has 0 bridgehead atoms. The Kier molecular flexibility index (Phi) is 7.62. The van der Waals surface area contributed by atoms with Crippen LogP contribution in [0.1, 0.15) is 32.3 Å². The quantitative estimate of drug-likeness (QED) is 0.713. The Morgan fingerprint density at radius 3 is 2.90 bits per heavy atom. The molecule has 112 valence electrons. The second kappa shape index (κ2) is 8.97. The predicted octanol–water partition coefficient (Wildman–Crippen LogP) is 2.63. The van der Waals surface area contributed by atoms with E-state index in [-0.39, 0.29) is 18.6 Å². The molecule has 0 radical (unpaired) electrons. The van der Waals surface area contributed by atoms with E-state index in [9.17, 15) is 4.79 Å². The summed E-state index contributed by atoms with van der Waals surface area (Å²) in [5.74, 6) is 0.608. The first kappa shape index (κ1) is 17.0. The molecule has 3 N–H and O–H groups in total. The minimum absolute atomic E-state index is 0.0261. The number of para-hydroxylation sites is 1. The first-order valence-corrected chi connectivity index (χ1v) is 7.76. The molecule has 1 atom stereocenters. The van der Waals surface area contributed by atoms with Gasteiger partial charge < -0.3 is 15.8 Å². The SMILES string of the molecule is CCCCNC(=O)COc1c(Br)cccc1CC(C)N. The van der Waals surface area contributed by atoms with E-state index >= 15 is 0 Å². The lowest BCUT2D eigenvalue weighted by atomic mass is 10.1. The van der Waals surface area contributed by atoms with Crippen LogP contribution in [-0.4, -0.2) is 25.1 Å². The number of nitrogens with two attached hydrogens (primary N) is 1. The molecule has 0 aliphatic heterocycles. The van der Waals surface area contributed by atoms with Gasteiger partial charge in [-0.2, -0.15) is 0 Å². The van der Waals surface area contributed by atoms with Gasteiger partial charge in [0.05, 0.1) is 4.47 Å². The van der Waals surface area contributed by atoms with Crippen LogP contribution in [0, 0.1) is 0 Å². The van der Waals surface area contributed by atoms with E-state index in [1.165, 1.54) is 0 Å². The van der Waals surface area contributed by atoms with Crippen molar-refractivity contribution in [3.8, 4) is 5.75 Å². The van der Waals surface area contributed by atoms with Crippen molar-refractivity contribution < 1.29 is 9.53 Å². The van der Waals surface area contributed by atoms with Crippen LogP contribution in [0.15, 0.2) is 22.7 Å². The molecule has 1 aromatic carbocycles. The van der Waals surface area contributed by atoms with E-state index in [0.29, 0.717) is 18.7 Å². The van der Waals surface area contributed by atoms with E-state index in [4.69, 9.17) is 10.5 Å². The van der Waals surface area contributed by atoms with Gasteiger partial charge >= 0.3 is 0 Å². The minimum atomic E-state index is -0.0963. The molecule has 0 saturated heterocycles. The third-order valence-corrected chi connectivity index (χ3v) is 3.41.